The number of hydrogen-bond acceptors (Lipinski definition) is 0. The second kappa shape index (κ2) is 19.5. The number of hydrogen-bond donors (Lipinski definition) is 0. The van der Waals surface area contributed by atoms with Gasteiger partial charge in [0.1, 0.15) is 0 Å². The van der Waals surface area contributed by atoms with E-state index in [1.807, 2.05) is 0 Å². The van der Waals surface area contributed by atoms with Crippen LogP contribution in [-0.2, 0) is 0 Å². The quantitative estimate of drug-likeness (QED) is 0.109. The molecule has 0 aliphatic carbocycles. The predicted octanol–water partition coefficient (Wildman–Crippen LogP) is 8.29. The highest BCUT2D eigenvalue weighted by Crippen LogP contribution is 2.13. The molecule has 0 atom stereocenters. The monoisotopic (exact) mass is 366 g/mol. The molecule has 0 aromatic carbocycles. The fourth-order valence-corrected chi connectivity index (χ4v) is 3.85. The molecule has 1 nitrogen and oxygen atoms in total. The first-order valence-electron chi connectivity index (χ1n) is 12.1. The molecule has 0 spiro atoms. The van der Waals surface area contributed by atoms with Gasteiger partial charge in [-0.3, -0.25) is 0 Å². The van der Waals surface area contributed by atoms with Crippen LogP contribution in [0.15, 0.2) is 12.7 Å². The van der Waals surface area contributed by atoms with Crippen molar-refractivity contribution in [1.29, 1.82) is 0 Å². The Balaban J connectivity index is 3.32. The normalized spacial score (nSPS) is 11.8. The molecule has 0 heterocycles. The minimum absolute atomic E-state index is 1.20. The average Bonchev–Trinajstić information content (AvgIpc) is 2.62. The predicted molar refractivity (Wildman–Crippen MR) is 121 cm³/mol. The molecule has 0 rings (SSSR count). The Morgan fingerprint density at radius 1 is 0.538 bits per heavy atom. The minimum atomic E-state index is 1.20. The van der Waals surface area contributed by atoms with E-state index in [9.17, 15) is 0 Å². The van der Waals surface area contributed by atoms with Gasteiger partial charge in [-0.25, -0.2) is 0 Å². The standard InChI is InChI=1S/C25H52N/c1-5-7-9-11-13-15-17-19-21-23-25-26(3,4)24-22-20-18-16-14-12-10-8-6-2/h6H,2,5,7-25H2,1,3-4H3/q+1. The summed E-state index contributed by atoms with van der Waals surface area (Å²) in [4.78, 5) is 0. The molecular weight excluding hydrogens is 314 g/mol. The zero-order valence-electron chi connectivity index (χ0n) is 18.9. The zero-order chi connectivity index (χ0) is 19.3. The van der Waals surface area contributed by atoms with E-state index in [0.29, 0.717) is 0 Å². The van der Waals surface area contributed by atoms with Crippen LogP contribution >= 0.6 is 0 Å². The Labute approximate surface area is 167 Å². The van der Waals surface area contributed by atoms with Crippen molar-refractivity contribution in [3.8, 4) is 0 Å². The van der Waals surface area contributed by atoms with Gasteiger partial charge in [0.15, 0.2) is 0 Å². The molecule has 156 valence electrons. The van der Waals surface area contributed by atoms with Crippen molar-refractivity contribution in [3.63, 3.8) is 0 Å². The molecule has 0 N–H and O–H groups in total. The molecule has 26 heavy (non-hydrogen) atoms. The minimum Gasteiger partial charge on any atom is -0.328 e. The summed E-state index contributed by atoms with van der Waals surface area (Å²) in [6, 6.07) is 0. The van der Waals surface area contributed by atoms with E-state index in [1.54, 1.807) is 0 Å². The van der Waals surface area contributed by atoms with E-state index in [2.05, 4.69) is 33.7 Å². The highest BCUT2D eigenvalue weighted by atomic mass is 15.3. The van der Waals surface area contributed by atoms with Gasteiger partial charge in [-0.1, -0.05) is 90.0 Å². The van der Waals surface area contributed by atoms with Crippen molar-refractivity contribution < 1.29 is 4.48 Å². The Bertz CT molecular complexity index is 282. The van der Waals surface area contributed by atoms with Gasteiger partial charge in [0.25, 0.3) is 0 Å². The molecule has 1 heteroatoms. The maximum atomic E-state index is 3.79. The highest BCUT2D eigenvalue weighted by molar-refractivity contribution is 4.65. The van der Waals surface area contributed by atoms with E-state index in [0.717, 1.165) is 0 Å². The van der Waals surface area contributed by atoms with Crippen LogP contribution in [0.5, 0.6) is 0 Å². The molecule has 0 radical (unpaired) electrons. The van der Waals surface area contributed by atoms with Gasteiger partial charge in [0, 0.05) is 0 Å². The Morgan fingerprint density at radius 3 is 1.27 bits per heavy atom. The summed E-state index contributed by atoms with van der Waals surface area (Å²) in [5.74, 6) is 0. The van der Waals surface area contributed by atoms with Crippen molar-refractivity contribution in [3.05, 3.63) is 12.7 Å². The largest absolute Gasteiger partial charge is 0.328 e. The lowest BCUT2D eigenvalue weighted by molar-refractivity contribution is -0.890. The molecule has 0 saturated carbocycles. The molecule has 0 unspecified atom stereocenters. The number of quaternary nitrogens is 1. The van der Waals surface area contributed by atoms with Crippen LogP contribution < -0.4 is 0 Å². The summed E-state index contributed by atoms with van der Waals surface area (Å²) in [5, 5.41) is 0. The van der Waals surface area contributed by atoms with Crippen molar-refractivity contribution in [2.75, 3.05) is 27.2 Å². The number of nitrogens with zero attached hydrogens (tertiary/aromatic N) is 1. The van der Waals surface area contributed by atoms with Crippen LogP contribution in [0.4, 0.5) is 0 Å². The maximum absolute atomic E-state index is 3.79. The lowest BCUT2D eigenvalue weighted by atomic mass is 10.1. The molecule has 0 aliphatic rings. The summed E-state index contributed by atoms with van der Waals surface area (Å²) in [6.45, 7) is 8.83. The Morgan fingerprint density at radius 2 is 0.885 bits per heavy atom. The van der Waals surface area contributed by atoms with Gasteiger partial charge in [0.05, 0.1) is 27.2 Å². The molecule has 0 saturated heterocycles. The fourth-order valence-electron chi connectivity index (χ4n) is 3.85. The highest BCUT2D eigenvalue weighted by Gasteiger charge is 2.13. The molecule has 0 fully saturated rings. The first kappa shape index (κ1) is 25.7. The van der Waals surface area contributed by atoms with E-state index < -0.39 is 0 Å². The second-order valence-corrected chi connectivity index (χ2v) is 9.12. The SMILES string of the molecule is C=CCCCCCCCCC[N+](C)(C)CCCCCCCCCCCC. The van der Waals surface area contributed by atoms with Gasteiger partial charge in [0.2, 0.25) is 0 Å². The van der Waals surface area contributed by atoms with Gasteiger partial charge in [-0.2, -0.15) is 0 Å². The van der Waals surface area contributed by atoms with Crippen LogP contribution in [0, 0.1) is 0 Å². The second-order valence-electron chi connectivity index (χ2n) is 9.12. The molecule has 0 aliphatic heterocycles. The number of allylic oxidation sites excluding steroid dienone is 1. The Hall–Kier alpha value is -0.300. The summed E-state index contributed by atoms with van der Waals surface area (Å²) >= 11 is 0. The van der Waals surface area contributed by atoms with E-state index >= 15 is 0 Å². The van der Waals surface area contributed by atoms with Crippen LogP contribution in [0.2, 0.25) is 0 Å². The first-order chi connectivity index (χ1) is 12.6. The molecule has 0 amide bonds. The van der Waals surface area contributed by atoms with Crippen LogP contribution in [-0.4, -0.2) is 31.7 Å². The summed E-state index contributed by atoms with van der Waals surface area (Å²) in [5.41, 5.74) is 0. The fraction of sp³-hybridized carbons (Fsp3) is 0.920. The van der Waals surface area contributed by atoms with Gasteiger partial charge in [-0.05, 0) is 38.5 Å². The summed E-state index contributed by atoms with van der Waals surface area (Å²) < 4.78 is 1.23. The summed E-state index contributed by atoms with van der Waals surface area (Å²) in [7, 11) is 4.87. The number of unbranched alkanes of at least 4 members (excludes halogenated alkanes) is 16. The molecular formula is C25H52N+. The Kier molecular flexibility index (Phi) is 19.2. The lowest BCUT2D eigenvalue weighted by Gasteiger charge is -2.30. The van der Waals surface area contributed by atoms with E-state index in [1.165, 1.54) is 133 Å². The first-order valence-corrected chi connectivity index (χ1v) is 12.1. The van der Waals surface area contributed by atoms with Gasteiger partial charge < -0.3 is 4.48 Å². The third kappa shape index (κ3) is 20.0. The van der Waals surface area contributed by atoms with Crippen molar-refractivity contribution in [2.24, 2.45) is 0 Å². The van der Waals surface area contributed by atoms with Crippen molar-refractivity contribution >= 4 is 0 Å². The van der Waals surface area contributed by atoms with Gasteiger partial charge >= 0.3 is 0 Å². The van der Waals surface area contributed by atoms with Crippen molar-refractivity contribution in [1.82, 2.24) is 0 Å². The van der Waals surface area contributed by atoms with E-state index in [-0.39, 0.29) is 0 Å². The zero-order valence-corrected chi connectivity index (χ0v) is 18.9. The van der Waals surface area contributed by atoms with Crippen molar-refractivity contribution in [2.45, 2.75) is 122 Å². The van der Waals surface area contributed by atoms with Crippen LogP contribution in [0.3, 0.4) is 0 Å². The van der Waals surface area contributed by atoms with E-state index in [4.69, 9.17) is 0 Å². The lowest BCUT2D eigenvalue weighted by Crippen LogP contribution is -2.41. The topological polar surface area (TPSA) is 0 Å². The number of rotatable bonds is 21. The van der Waals surface area contributed by atoms with Crippen LogP contribution in [0.25, 0.3) is 0 Å². The smallest absolute Gasteiger partial charge is 0.0782 e. The third-order valence-corrected chi connectivity index (χ3v) is 5.79. The molecule has 0 aromatic heterocycles. The molecule has 0 aromatic rings. The summed E-state index contributed by atoms with van der Waals surface area (Å²) in [6.07, 6.45) is 27.6. The average molecular weight is 367 g/mol. The molecule has 0 bridgehead atoms. The van der Waals surface area contributed by atoms with Crippen LogP contribution in [0.1, 0.15) is 122 Å². The third-order valence-electron chi connectivity index (χ3n) is 5.79. The van der Waals surface area contributed by atoms with Gasteiger partial charge in [-0.15, -0.1) is 6.58 Å². The maximum Gasteiger partial charge on any atom is 0.0782 e.